The van der Waals surface area contributed by atoms with E-state index in [0.717, 1.165) is 0 Å². The second-order valence-corrected chi connectivity index (χ2v) is 5.16. The molecule has 1 atom stereocenters. The lowest BCUT2D eigenvalue weighted by Crippen LogP contribution is -2.42. The highest BCUT2D eigenvalue weighted by Crippen LogP contribution is 2.10. The topological polar surface area (TPSA) is 94.3 Å². The van der Waals surface area contributed by atoms with Gasteiger partial charge >= 0.3 is 6.03 Å². The Morgan fingerprint density at radius 1 is 1.43 bits per heavy atom. The molecule has 2 heterocycles. The quantitative estimate of drug-likeness (QED) is 0.743. The molecule has 0 aliphatic carbocycles. The Kier molecular flexibility index (Phi) is 4.62. The van der Waals surface area contributed by atoms with Gasteiger partial charge in [-0.1, -0.05) is 0 Å². The van der Waals surface area contributed by atoms with Crippen molar-refractivity contribution >= 4 is 11.9 Å². The molecule has 1 aliphatic heterocycles. The zero-order valence-electron chi connectivity index (χ0n) is 12.2. The number of carbonyl (C=O) groups is 2. The number of urea groups is 1. The van der Waals surface area contributed by atoms with E-state index in [1.165, 1.54) is 6.07 Å². The fraction of sp³-hybridized carbons (Fsp3) is 0.500. The molecule has 2 rings (SSSR count). The van der Waals surface area contributed by atoms with Crippen molar-refractivity contribution in [3.8, 4) is 0 Å². The van der Waals surface area contributed by atoms with Crippen LogP contribution in [0.4, 0.5) is 4.79 Å². The molecule has 1 aromatic rings. The molecular formula is C14H20N4O3. The fourth-order valence-electron chi connectivity index (χ4n) is 2.41. The zero-order valence-corrected chi connectivity index (χ0v) is 12.2. The summed E-state index contributed by atoms with van der Waals surface area (Å²) < 4.78 is 0. The molecule has 0 aromatic carbocycles. The third-order valence-electron chi connectivity index (χ3n) is 3.38. The van der Waals surface area contributed by atoms with Gasteiger partial charge in [-0.25, -0.2) is 4.79 Å². The van der Waals surface area contributed by atoms with Crippen molar-refractivity contribution in [1.29, 1.82) is 0 Å². The first-order valence-corrected chi connectivity index (χ1v) is 7.04. The van der Waals surface area contributed by atoms with E-state index in [1.54, 1.807) is 17.9 Å². The number of aryl methyl sites for hydroxylation is 1. The van der Waals surface area contributed by atoms with Crippen LogP contribution < -0.4 is 16.2 Å². The van der Waals surface area contributed by atoms with E-state index in [2.05, 4.69) is 15.6 Å². The highest BCUT2D eigenvalue weighted by molar-refractivity contribution is 5.94. The van der Waals surface area contributed by atoms with Crippen molar-refractivity contribution in [3.63, 3.8) is 0 Å². The second kappa shape index (κ2) is 6.43. The Bertz CT molecular complexity index is 596. The Morgan fingerprint density at radius 3 is 2.86 bits per heavy atom. The smallest absolute Gasteiger partial charge is 0.317 e. The number of H-pyrrole nitrogens is 1. The van der Waals surface area contributed by atoms with E-state index in [1.807, 2.05) is 6.92 Å². The van der Waals surface area contributed by atoms with E-state index in [-0.39, 0.29) is 23.5 Å². The zero-order chi connectivity index (χ0) is 15.4. The lowest BCUT2D eigenvalue weighted by atomic mass is 10.2. The predicted octanol–water partition coefficient (Wildman–Crippen LogP) is 0.217. The van der Waals surface area contributed by atoms with Crippen molar-refractivity contribution in [3.05, 3.63) is 33.7 Å². The lowest BCUT2D eigenvalue weighted by molar-refractivity contribution is 0.0937. The van der Waals surface area contributed by atoms with Crippen LogP contribution in [0, 0.1) is 6.92 Å². The third kappa shape index (κ3) is 3.84. The molecule has 0 spiro atoms. The van der Waals surface area contributed by atoms with Gasteiger partial charge in [0.1, 0.15) is 0 Å². The molecule has 0 bridgehead atoms. The molecule has 21 heavy (non-hydrogen) atoms. The van der Waals surface area contributed by atoms with Gasteiger partial charge in [0, 0.05) is 43.0 Å². The number of amides is 3. The number of aromatic nitrogens is 1. The van der Waals surface area contributed by atoms with Crippen molar-refractivity contribution in [2.45, 2.75) is 26.3 Å². The molecule has 1 unspecified atom stereocenters. The van der Waals surface area contributed by atoms with Crippen molar-refractivity contribution < 1.29 is 9.59 Å². The second-order valence-electron chi connectivity index (χ2n) is 5.16. The summed E-state index contributed by atoms with van der Waals surface area (Å²) in [4.78, 5) is 39.5. The van der Waals surface area contributed by atoms with E-state index in [4.69, 9.17) is 0 Å². The number of rotatable bonds is 3. The van der Waals surface area contributed by atoms with Gasteiger partial charge in [0.15, 0.2) is 0 Å². The Hall–Kier alpha value is -2.31. The van der Waals surface area contributed by atoms with E-state index in [9.17, 15) is 14.4 Å². The van der Waals surface area contributed by atoms with Crippen LogP contribution in [0.25, 0.3) is 0 Å². The SMILES string of the molecule is CCNC(=O)N1CCC(NC(=O)c2cc(C)[nH]c(=O)c2)C1. The summed E-state index contributed by atoms with van der Waals surface area (Å²) in [6, 6.07) is 2.72. The summed E-state index contributed by atoms with van der Waals surface area (Å²) in [7, 11) is 0. The average Bonchev–Trinajstić information content (AvgIpc) is 2.86. The number of likely N-dealkylation sites (tertiary alicyclic amines) is 1. The maximum absolute atomic E-state index is 12.1. The van der Waals surface area contributed by atoms with Crippen molar-refractivity contribution in [2.75, 3.05) is 19.6 Å². The van der Waals surface area contributed by atoms with Gasteiger partial charge in [0.05, 0.1) is 0 Å². The summed E-state index contributed by atoms with van der Waals surface area (Å²) >= 11 is 0. The molecule has 0 radical (unpaired) electrons. The lowest BCUT2D eigenvalue weighted by Gasteiger charge is -2.17. The first kappa shape index (κ1) is 15.1. The largest absolute Gasteiger partial charge is 0.347 e. The van der Waals surface area contributed by atoms with E-state index < -0.39 is 0 Å². The van der Waals surface area contributed by atoms with Crippen molar-refractivity contribution in [1.82, 2.24) is 20.5 Å². The first-order chi connectivity index (χ1) is 9.99. The summed E-state index contributed by atoms with van der Waals surface area (Å²) in [6.07, 6.45) is 0.713. The fourth-order valence-corrected chi connectivity index (χ4v) is 2.41. The molecular weight excluding hydrogens is 272 g/mol. The van der Waals surface area contributed by atoms with Gasteiger partial charge in [0.25, 0.3) is 5.91 Å². The van der Waals surface area contributed by atoms with Crippen LogP contribution in [0.5, 0.6) is 0 Å². The third-order valence-corrected chi connectivity index (χ3v) is 3.38. The van der Waals surface area contributed by atoms with Crippen LogP contribution in [0.15, 0.2) is 16.9 Å². The monoisotopic (exact) mass is 292 g/mol. The summed E-state index contributed by atoms with van der Waals surface area (Å²) in [5.74, 6) is -0.285. The summed E-state index contributed by atoms with van der Waals surface area (Å²) in [5.41, 5.74) is 0.686. The average molecular weight is 292 g/mol. The van der Waals surface area contributed by atoms with Crippen LogP contribution >= 0.6 is 0 Å². The minimum Gasteiger partial charge on any atom is -0.347 e. The Labute approximate surface area is 122 Å². The van der Waals surface area contributed by atoms with E-state index in [0.29, 0.717) is 37.3 Å². The number of carbonyl (C=O) groups excluding carboxylic acids is 2. The predicted molar refractivity (Wildman–Crippen MR) is 78.3 cm³/mol. The van der Waals surface area contributed by atoms with Gasteiger partial charge in [-0.3, -0.25) is 9.59 Å². The molecule has 3 amide bonds. The van der Waals surface area contributed by atoms with Gasteiger partial charge < -0.3 is 20.5 Å². The standard InChI is InChI=1S/C14H20N4O3/c1-3-15-14(21)18-5-4-11(8-18)17-13(20)10-6-9(2)16-12(19)7-10/h6-7,11H,3-5,8H2,1-2H3,(H,15,21)(H,16,19)(H,17,20). The van der Waals surface area contributed by atoms with Crippen LogP contribution in [0.3, 0.4) is 0 Å². The number of nitrogens with one attached hydrogen (secondary N) is 3. The number of nitrogens with zero attached hydrogens (tertiary/aromatic N) is 1. The van der Waals surface area contributed by atoms with Crippen LogP contribution in [-0.2, 0) is 0 Å². The molecule has 1 aromatic heterocycles. The molecule has 1 saturated heterocycles. The molecule has 3 N–H and O–H groups in total. The normalized spacial score (nSPS) is 17.6. The number of hydrogen-bond donors (Lipinski definition) is 3. The first-order valence-electron chi connectivity index (χ1n) is 7.04. The maximum Gasteiger partial charge on any atom is 0.317 e. The number of hydrogen-bond acceptors (Lipinski definition) is 3. The molecule has 1 aliphatic rings. The highest BCUT2D eigenvalue weighted by atomic mass is 16.2. The number of aromatic amines is 1. The van der Waals surface area contributed by atoms with Crippen LogP contribution in [0.2, 0.25) is 0 Å². The molecule has 0 saturated carbocycles. The minimum absolute atomic E-state index is 0.0836. The van der Waals surface area contributed by atoms with Crippen LogP contribution in [0.1, 0.15) is 29.4 Å². The summed E-state index contributed by atoms with van der Waals surface area (Å²) in [6.45, 7) is 5.27. The van der Waals surface area contributed by atoms with Gasteiger partial charge in [-0.15, -0.1) is 0 Å². The molecule has 1 fully saturated rings. The van der Waals surface area contributed by atoms with Crippen molar-refractivity contribution in [2.24, 2.45) is 0 Å². The highest BCUT2D eigenvalue weighted by Gasteiger charge is 2.27. The molecule has 7 nitrogen and oxygen atoms in total. The Morgan fingerprint density at radius 2 is 2.19 bits per heavy atom. The van der Waals surface area contributed by atoms with Gasteiger partial charge in [-0.2, -0.15) is 0 Å². The molecule has 114 valence electrons. The summed E-state index contributed by atoms with van der Waals surface area (Å²) in [5, 5.41) is 5.60. The Balaban J connectivity index is 1.95. The van der Waals surface area contributed by atoms with E-state index >= 15 is 0 Å². The number of pyridine rings is 1. The maximum atomic E-state index is 12.1. The molecule has 7 heteroatoms. The van der Waals surface area contributed by atoms with Gasteiger partial charge in [-0.05, 0) is 26.3 Å². The van der Waals surface area contributed by atoms with Gasteiger partial charge in [0.2, 0.25) is 5.56 Å². The minimum atomic E-state index is -0.296. The van der Waals surface area contributed by atoms with Crippen LogP contribution in [-0.4, -0.2) is 47.5 Å².